The topological polar surface area (TPSA) is 91.1 Å². The second-order valence-corrected chi connectivity index (χ2v) is 9.75. The monoisotopic (exact) mass is 413 g/mol. The number of rotatable bonds is 5. The van der Waals surface area contributed by atoms with Crippen LogP contribution in [0.2, 0.25) is 0 Å². The maximum atomic E-state index is 12.9. The first-order valence-electron chi connectivity index (χ1n) is 9.53. The third-order valence-corrected chi connectivity index (χ3v) is 7.13. The average molecular weight is 413 g/mol. The molecule has 0 spiro atoms. The Labute approximate surface area is 169 Å². The van der Waals surface area contributed by atoms with Crippen molar-refractivity contribution in [2.24, 2.45) is 0 Å². The first-order valence-corrected chi connectivity index (χ1v) is 11.4. The number of hydrogen-bond donors (Lipinski definition) is 0. The van der Waals surface area contributed by atoms with Crippen molar-refractivity contribution in [3.63, 3.8) is 0 Å². The lowest BCUT2D eigenvalue weighted by molar-refractivity contribution is 0.0918. The summed E-state index contributed by atoms with van der Waals surface area (Å²) in [4.78, 5) is 21.6. The van der Waals surface area contributed by atoms with Crippen molar-refractivity contribution >= 4 is 26.5 Å². The molecule has 0 amide bonds. The highest BCUT2D eigenvalue weighted by Crippen LogP contribution is 2.29. The van der Waals surface area contributed by atoms with Crippen LogP contribution < -0.4 is 4.74 Å². The van der Waals surface area contributed by atoms with Crippen molar-refractivity contribution in [2.45, 2.75) is 33.2 Å². The number of nitrogens with zero attached hydrogens (tertiary/aromatic N) is 3. The molecule has 1 aliphatic rings. The van der Waals surface area contributed by atoms with Crippen LogP contribution in [0.3, 0.4) is 0 Å². The molecule has 0 aliphatic carbocycles. The highest BCUT2D eigenvalue weighted by molar-refractivity contribution is 7.91. The lowest BCUT2D eigenvalue weighted by Crippen LogP contribution is -2.16. The zero-order valence-electron chi connectivity index (χ0n) is 16.7. The van der Waals surface area contributed by atoms with E-state index in [0.29, 0.717) is 23.7 Å². The van der Waals surface area contributed by atoms with Gasteiger partial charge in [-0.1, -0.05) is 12.1 Å². The van der Waals surface area contributed by atoms with E-state index in [1.165, 1.54) is 0 Å². The van der Waals surface area contributed by atoms with Gasteiger partial charge in [-0.15, -0.1) is 0 Å². The van der Waals surface area contributed by atoms with Crippen molar-refractivity contribution in [1.29, 1.82) is 0 Å². The van der Waals surface area contributed by atoms with Crippen LogP contribution in [0.4, 0.5) is 0 Å². The van der Waals surface area contributed by atoms with Crippen LogP contribution in [-0.2, 0) is 9.84 Å². The van der Waals surface area contributed by atoms with Gasteiger partial charge in [0.15, 0.2) is 16.4 Å². The minimum absolute atomic E-state index is 0.115. The fourth-order valence-corrected chi connectivity index (χ4v) is 5.78. The predicted molar refractivity (Wildman–Crippen MR) is 110 cm³/mol. The van der Waals surface area contributed by atoms with Crippen LogP contribution in [0.5, 0.6) is 5.88 Å². The van der Waals surface area contributed by atoms with Gasteiger partial charge in [-0.3, -0.25) is 4.79 Å². The molecule has 2 aromatic heterocycles. The standard InChI is InChI=1S/C21H23N3O4S/c1-13-10-18(14(2)24(13)16-8-9-29(26,27)12-16)20(25)11-28-21-17-6-4-5-7-19(17)22-15(3)23-21/h4-7,10,16H,8-9,11-12H2,1-3H3. The number of ether oxygens (including phenoxy) is 1. The highest BCUT2D eigenvalue weighted by atomic mass is 32.2. The van der Waals surface area contributed by atoms with Gasteiger partial charge in [-0.05, 0) is 45.4 Å². The molecule has 0 saturated carbocycles. The quantitative estimate of drug-likeness (QED) is 0.597. The Bertz CT molecular complexity index is 1210. The lowest BCUT2D eigenvalue weighted by atomic mass is 10.1. The minimum Gasteiger partial charge on any atom is -0.469 e. The molecule has 8 heteroatoms. The van der Waals surface area contributed by atoms with Gasteiger partial charge in [0.1, 0.15) is 5.82 Å². The summed E-state index contributed by atoms with van der Waals surface area (Å²) in [6, 6.07) is 9.20. The zero-order valence-corrected chi connectivity index (χ0v) is 17.5. The summed E-state index contributed by atoms with van der Waals surface area (Å²) in [5.41, 5.74) is 2.99. The largest absolute Gasteiger partial charge is 0.469 e. The van der Waals surface area contributed by atoms with E-state index in [0.717, 1.165) is 22.3 Å². The molecule has 4 rings (SSSR count). The van der Waals surface area contributed by atoms with Crippen LogP contribution in [0.25, 0.3) is 10.9 Å². The molecule has 7 nitrogen and oxygen atoms in total. The van der Waals surface area contributed by atoms with Crippen molar-refractivity contribution in [3.05, 3.63) is 53.1 Å². The normalized spacial score (nSPS) is 18.2. The Hall–Kier alpha value is -2.74. The fraction of sp³-hybridized carbons (Fsp3) is 0.381. The van der Waals surface area contributed by atoms with Crippen molar-refractivity contribution < 1.29 is 17.9 Å². The molecule has 1 unspecified atom stereocenters. The van der Waals surface area contributed by atoms with Gasteiger partial charge in [-0.2, -0.15) is 4.98 Å². The summed E-state index contributed by atoms with van der Waals surface area (Å²) in [5.74, 6) is 1.12. The molecule has 29 heavy (non-hydrogen) atoms. The van der Waals surface area contributed by atoms with E-state index in [2.05, 4.69) is 9.97 Å². The second kappa shape index (κ2) is 7.26. The molecular weight excluding hydrogens is 390 g/mol. The number of carbonyl (C=O) groups excluding carboxylic acids is 1. The average Bonchev–Trinajstić information content (AvgIpc) is 3.17. The van der Waals surface area contributed by atoms with E-state index in [-0.39, 0.29) is 29.9 Å². The van der Waals surface area contributed by atoms with E-state index in [9.17, 15) is 13.2 Å². The third-order valence-electron chi connectivity index (χ3n) is 5.38. The summed E-state index contributed by atoms with van der Waals surface area (Å²) in [5, 5.41) is 0.757. The molecule has 1 aliphatic heterocycles. The van der Waals surface area contributed by atoms with E-state index >= 15 is 0 Å². The summed E-state index contributed by atoms with van der Waals surface area (Å²) in [7, 11) is -3.00. The first kappa shape index (κ1) is 19.6. The van der Waals surface area contributed by atoms with E-state index in [1.54, 1.807) is 6.92 Å². The number of benzene rings is 1. The second-order valence-electron chi connectivity index (χ2n) is 7.52. The minimum atomic E-state index is -3.00. The summed E-state index contributed by atoms with van der Waals surface area (Å²) < 4.78 is 31.5. The molecule has 0 radical (unpaired) electrons. The molecule has 1 fully saturated rings. The molecule has 3 heterocycles. The highest BCUT2D eigenvalue weighted by Gasteiger charge is 2.31. The van der Waals surface area contributed by atoms with E-state index < -0.39 is 9.84 Å². The van der Waals surface area contributed by atoms with Gasteiger partial charge in [0.2, 0.25) is 11.7 Å². The van der Waals surface area contributed by atoms with E-state index in [4.69, 9.17) is 4.74 Å². The molecule has 0 N–H and O–H groups in total. The SMILES string of the molecule is Cc1nc(OCC(=O)c2cc(C)n(C3CCS(=O)(=O)C3)c2C)c2ccccc2n1. The Balaban J connectivity index is 1.57. The lowest BCUT2D eigenvalue weighted by Gasteiger charge is -2.16. The maximum absolute atomic E-state index is 12.9. The summed E-state index contributed by atoms with van der Waals surface area (Å²) in [6.07, 6.45) is 0.578. The van der Waals surface area contributed by atoms with Gasteiger partial charge >= 0.3 is 0 Å². The number of Topliss-reactive ketones (excluding diaryl/α,β-unsaturated/α-hetero) is 1. The first-order chi connectivity index (χ1) is 13.7. The zero-order chi connectivity index (χ0) is 20.8. The van der Waals surface area contributed by atoms with Crippen LogP contribution in [0, 0.1) is 20.8 Å². The summed E-state index contributed by atoms with van der Waals surface area (Å²) >= 11 is 0. The van der Waals surface area contributed by atoms with Crippen LogP contribution in [0.15, 0.2) is 30.3 Å². The van der Waals surface area contributed by atoms with Crippen molar-refractivity contribution in [2.75, 3.05) is 18.1 Å². The maximum Gasteiger partial charge on any atom is 0.225 e. The Morgan fingerprint density at radius 1 is 1.21 bits per heavy atom. The van der Waals surface area contributed by atoms with Crippen molar-refractivity contribution in [3.8, 4) is 5.88 Å². The third kappa shape index (κ3) is 3.76. The fourth-order valence-electron chi connectivity index (χ4n) is 4.08. The Kier molecular flexibility index (Phi) is 4.90. The Morgan fingerprint density at radius 3 is 2.69 bits per heavy atom. The number of para-hydroxylation sites is 1. The molecular formula is C21H23N3O4S. The van der Waals surface area contributed by atoms with Gasteiger partial charge in [0.05, 0.1) is 22.4 Å². The number of carbonyl (C=O) groups is 1. The van der Waals surface area contributed by atoms with Crippen LogP contribution in [0.1, 0.15) is 40.0 Å². The van der Waals surface area contributed by atoms with Gasteiger partial charge in [0, 0.05) is 23.0 Å². The van der Waals surface area contributed by atoms with Gasteiger partial charge in [-0.25, -0.2) is 13.4 Å². The number of fused-ring (bicyclic) bond motifs is 1. The predicted octanol–water partition coefficient (Wildman–Crippen LogP) is 2.98. The van der Waals surface area contributed by atoms with Crippen LogP contribution in [-0.4, -0.2) is 46.8 Å². The molecule has 0 bridgehead atoms. The molecule has 1 saturated heterocycles. The number of aryl methyl sites for hydroxylation is 2. The molecule has 152 valence electrons. The number of hydrogen-bond acceptors (Lipinski definition) is 6. The van der Waals surface area contributed by atoms with Crippen LogP contribution >= 0.6 is 0 Å². The smallest absolute Gasteiger partial charge is 0.225 e. The van der Waals surface area contributed by atoms with Crippen molar-refractivity contribution in [1.82, 2.24) is 14.5 Å². The van der Waals surface area contributed by atoms with Gasteiger partial charge < -0.3 is 9.30 Å². The molecule has 1 aromatic carbocycles. The number of ketones is 1. The molecule has 3 aromatic rings. The Morgan fingerprint density at radius 2 is 1.97 bits per heavy atom. The number of aromatic nitrogens is 3. The summed E-state index contributed by atoms with van der Waals surface area (Å²) in [6.45, 7) is 5.39. The number of sulfone groups is 1. The molecule has 1 atom stereocenters. The van der Waals surface area contributed by atoms with E-state index in [1.807, 2.05) is 48.7 Å². The van der Waals surface area contributed by atoms with Gasteiger partial charge in [0.25, 0.3) is 0 Å².